The van der Waals surface area contributed by atoms with Crippen LogP contribution < -0.4 is 5.32 Å². The summed E-state index contributed by atoms with van der Waals surface area (Å²) in [5.74, 6) is 2.58. The van der Waals surface area contributed by atoms with Gasteiger partial charge >= 0.3 is 0 Å². The minimum atomic E-state index is 0. The van der Waals surface area contributed by atoms with Crippen molar-refractivity contribution >= 4 is 30.1 Å². The summed E-state index contributed by atoms with van der Waals surface area (Å²) in [6, 6.07) is 9.46. The Bertz CT molecular complexity index is 534. The highest BCUT2D eigenvalue weighted by Gasteiger charge is 2.28. The molecule has 0 saturated carbocycles. The molecule has 0 bridgehead atoms. The molecule has 2 aliphatic rings. The van der Waals surface area contributed by atoms with E-state index in [0.29, 0.717) is 24.4 Å². The fourth-order valence-corrected chi connectivity index (χ4v) is 4.72. The molecule has 3 rings (SSSR count). The Kier molecular flexibility index (Phi) is 7.92. The number of hydrogen-bond donors (Lipinski definition) is 1. The first-order valence-corrected chi connectivity index (χ1v) is 10.1. The maximum atomic E-state index is 12.9. The van der Waals surface area contributed by atoms with Gasteiger partial charge in [-0.25, -0.2) is 0 Å². The van der Waals surface area contributed by atoms with Crippen LogP contribution in [0.15, 0.2) is 24.3 Å². The Balaban J connectivity index is 0.00000208. The third kappa shape index (κ3) is 4.90. The van der Waals surface area contributed by atoms with Crippen molar-refractivity contribution in [2.75, 3.05) is 24.6 Å². The van der Waals surface area contributed by atoms with Gasteiger partial charge in [0.1, 0.15) is 0 Å². The van der Waals surface area contributed by atoms with E-state index in [4.69, 9.17) is 0 Å². The first-order chi connectivity index (χ1) is 11.3. The minimum Gasteiger partial charge on any atom is -0.339 e. The van der Waals surface area contributed by atoms with Gasteiger partial charge in [-0.05, 0) is 36.8 Å². The fraction of sp³-hybridized carbons (Fsp3) is 0.632. The molecule has 1 aliphatic heterocycles. The van der Waals surface area contributed by atoms with Crippen LogP contribution in [0.5, 0.6) is 0 Å². The van der Waals surface area contributed by atoms with Crippen molar-refractivity contribution in [3.8, 4) is 0 Å². The zero-order valence-corrected chi connectivity index (χ0v) is 16.1. The summed E-state index contributed by atoms with van der Waals surface area (Å²) in [5.41, 5.74) is 2.90. The maximum absolute atomic E-state index is 12.9. The molecule has 3 nitrogen and oxygen atoms in total. The highest BCUT2D eigenvalue weighted by atomic mass is 35.5. The van der Waals surface area contributed by atoms with E-state index in [0.717, 1.165) is 44.5 Å². The molecule has 1 aromatic carbocycles. The molecule has 1 aliphatic carbocycles. The number of aryl methyl sites for hydroxylation is 1. The van der Waals surface area contributed by atoms with Gasteiger partial charge in [-0.15, -0.1) is 12.4 Å². The van der Waals surface area contributed by atoms with Crippen LogP contribution in [0.1, 0.15) is 37.3 Å². The van der Waals surface area contributed by atoms with Crippen LogP contribution in [-0.4, -0.2) is 47.5 Å². The van der Waals surface area contributed by atoms with Crippen molar-refractivity contribution in [2.45, 2.75) is 51.1 Å². The molecule has 1 aromatic rings. The quantitative estimate of drug-likeness (QED) is 0.865. The van der Waals surface area contributed by atoms with Gasteiger partial charge in [0.05, 0.1) is 0 Å². The second-order valence-corrected chi connectivity index (χ2v) is 7.83. The summed E-state index contributed by atoms with van der Waals surface area (Å²) in [6.07, 6.45) is 4.93. The average Bonchev–Trinajstić information content (AvgIpc) is 2.60. The predicted octanol–water partition coefficient (Wildman–Crippen LogP) is 3.30. The van der Waals surface area contributed by atoms with Crippen LogP contribution >= 0.6 is 24.2 Å². The lowest BCUT2D eigenvalue weighted by atomic mass is 9.87. The molecule has 134 valence electrons. The van der Waals surface area contributed by atoms with Crippen molar-refractivity contribution in [1.82, 2.24) is 10.2 Å². The monoisotopic (exact) mass is 368 g/mol. The Morgan fingerprint density at radius 3 is 2.83 bits per heavy atom. The average molecular weight is 369 g/mol. The molecule has 24 heavy (non-hydrogen) atoms. The van der Waals surface area contributed by atoms with Gasteiger partial charge < -0.3 is 10.2 Å². The lowest BCUT2D eigenvalue weighted by Gasteiger charge is -2.36. The number of amides is 1. The standard InChI is InChI=1S/C19H28N2OS.ClH/c1-2-10-21(19(22)13-17-14-23-11-9-20-17)18-8-7-15-5-3-4-6-16(15)12-18;/h3-6,17-18,20H,2,7-14H2,1H3;1H. The third-order valence-electron chi connectivity index (χ3n) is 4.97. The van der Waals surface area contributed by atoms with Crippen LogP contribution in [0, 0.1) is 0 Å². The van der Waals surface area contributed by atoms with Crippen LogP contribution in [0.4, 0.5) is 0 Å². The predicted molar refractivity (Wildman–Crippen MR) is 105 cm³/mol. The Morgan fingerprint density at radius 1 is 1.33 bits per heavy atom. The summed E-state index contributed by atoms with van der Waals surface area (Å²) in [5, 5.41) is 3.50. The molecule has 2 atom stereocenters. The van der Waals surface area contributed by atoms with Crippen molar-refractivity contribution in [3.63, 3.8) is 0 Å². The van der Waals surface area contributed by atoms with Crippen molar-refractivity contribution in [1.29, 1.82) is 0 Å². The maximum Gasteiger partial charge on any atom is 0.224 e. The molecule has 1 amide bonds. The molecule has 1 N–H and O–H groups in total. The second kappa shape index (κ2) is 9.69. The van der Waals surface area contributed by atoms with Gasteiger partial charge in [0, 0.05) is 43.1 Å². The zero-order valence-electron chi connectivity index (χ0n) is 14.5. The van der Waals surface area contributed by atoms with Crippen LogP contribution in [-0.2, 0) is 17.6 Å². The molecule has 0 radical (unpaired) electrons. The van der Waals surface area contributed by atoms with Gasteiger partial charge in [-0.2, -0.15) is 11.8 Å². The number of carbonyl (C=O) groups excluding carboxylic acids is 1. The molecule has 0 aromatic heterocycles. The number of halogens is 1. The van der Waals surface area contributed by atoms with E-state index in [1.165, 1.54) is 16.9 Å². The van der Waals surface area contributed by atoms with E-state index in [1.54, 1.807) is 0 Å². The lowest BCUT2D eigenvalue weighted by Crippen LogP contribution is -2.47. The number of fused-ring (bicyclic) bond motifs is 1. The highest BCUT2D eigenvalue weighted by molar-refractivity contribution is 7.99. The van der Waals surface area contributed by atoms with E-state index in [2.05, 4.69) is 41.4 Å². The highest BCUT2D eigenvalue weighted by Crippen LogP contribution is 2.25. The van der Waals surface area contributed by atoms with E-state index in [9.17, 15) is 4.79 Å². The molecule has 1 heterocycles. The van der Waals surface area contributed by atoms with Crippen LogP contribution in [0.3, 0.4) is 0 Å². The first kappa shape index (κ1) is 19.6. The van der Waals surface area contributed by atoms with E-state index in [1.807, 2.05) is 11.8 Å². The molecule has 5 heteroatoms. The summed E-state index contributed by atoms with van der Waals surface area (Å²) in [4.78, 5) is 15.1. The van der Waals surface area contributed by atoms with Crippen molar-refractivity contribution in [2.24, 2.45) is 0 Å². The van der Waals surface area contributed by atoms with E-state index in [-0.39, 0.29) is 12.4 Å². The SMILES string of the molecule is CCCN(C(=O)CC1CSCCN1)C1CCc2ccccc2C1.Cl. The molecule has 1 fully saturated rings. The largest absolute Gasteiger partial charge is 0.339 e. The third-order valence-corrected chi connectivity index (χ3v) is 6.10. The Hall–Kier alpha value is -0.710. The summed E-state index contributed by atoms with van der Waals surface area (Å²) < 4.78 is 0. The summed E-state index contributed by atoms with van der Waals surface area (Å²) in [7, 11) is 0. The van der Waals surface area contributed by atoms with E-state index < -0.39 is 0 Å². The molecule has 1 saturated heterocycles. The number of nitrogens with one attached hydrogen (secondary N) is 1. The van der Waals surface area contributed by atoms with Gasteiger partial charge in [0.15, 0.2) is 0 Å². The molecule has 2 unspecified atom stereocenters. The minimum absolute atomic E-state index is 0. The smallest absolute Gasteiger partial charge is 0.224 e. The molecular formula is C19H29ClN2OS. The topological polar surface area (TPSA) is 32.3 Å². The van der Waals surface area contributed by atoms with Gasteiger partial charge in [-0.3, -0.25) is 4.79 Å². The van der Waals surface area contributed by atoms with Crippen molar-refractivity contribution < 1.29 is 4.79 Å². The summed E-state index contributed by atoms with van der Waals surface area (Å²) in [6.45, 7) is 4.10. The van der Waals surface area contributed by atoms with E-state index >= 15 is 0 Å². The number of thioether (sulfide) groups is 1. The first-order valence-electron chi connectivity index (χ1n) is 8.95. The molecular weight excluding hydrogens is 340 g/mol. The van der Waals surface area contributed by atoms with Crippen LogP contribution in [0.25, 0.3) is 0 Å². The van der Waals surface area contributed by atoms with Gasteiger partial charge in [-0.1, -0.05) is 31.2 Å². The fourth-order valence-electron chi connectivity index (χ4n) is 3.78. The molecule has 0 spiro atoms. The number of benzene rings is 1. The number of nitrogens with zero attached hydrogens (tertiary/aromatic N) is 1. The zero-order chi connectivity index (χ0) is 16.1. The normalized spacial score (nSPS) is 23.0. The second-order valence-electron chi connectivity index (χ2n) is 6.68. The number of rotatable bonds is 5. The Labute approximate surface area is 156 Å². The van der Waals surface area contributed by atoms with Gasteiger partial charge in [0.25, 0.3) is 0 Å². The van der Waals surface area contributed by atoms with Gasteiger partial charge in [0.2, 0.25) is 5.91 Å². The Morgan fingerprint density at radius 2 is 2.12 bits per heavy atom. The summed E-state index contributed by atoms with van der Waals surface area (Å²) >= 11 is 1.96. The van der Waals surface area contributed by atoms with Crippen LogP contribution in [0.2, 0.25) is 0 Å². The number of hydrogen-bond acceptors (Lipinski definition) is 3. The lowest BCUT2D eigenvalue weighted by molar-refractivity contribution is -0.134. The van der Waals surface area contributed by atoms with Crippen molar-refractivity contribution in [3.05, 3.63) is 35.4 Å². The number of carbonyl (C=O) groups is 1.